The molecule has 0 spiro atoms. The average molecular weight is 172 g/mol. The molecular formula is C11H12N2. The number of fused-ring (bicyclic) bond motifs is 3. The van der Waals surface area contributed by atoms with Crippen molar-refractivity contribution in [3.05, 3.63) is 23.3 Å². The summed E-state index contributed by atoms with van der Waals surface area (Å²) in [4.78, 5) is 4.48. The van der Waals surface area contributed by atoms with Crippen LogP contribution in [0.25, 0.3) is 0 Å². The van der Waals surface area contributed by atoms with Gasteiger partial charge in [0.05, 0.1) is 17.9 Å². The molecule has 3 rings (SSSR count). The second kappa shape index (κ2) is 2.59. The van der Waals surface area contributed by atoms with Gasteiger partial charge in [0.25, 0.3) is 0 Å². The predicted molar refractivity (Wildman–Crippen MR) is 55.1 cm³/mol. The molecule has 0 aromatic heterocycles. The molecule has 0 amide bonds. The van der Waals surface area contributed by atoms with Gasteiger partial charge in [-0.05, 0) is 36.5 Å². The molecule has 1 aliphatic heterocycles. The van der Waals surface area contributed by atoms with Gasteiger partial charge in [0.1, 0.15) is 0 Å². The molecule has 0 fully saturated rings. The van der Waals surface area contributed by atoms with E-state index in [2.05, 4.69) is 22.4 Å². The van der Waals surface area contributed by atoms with Crippen LogP contribution in [0.1, 0.15) is 17.5 Å². The van der Waals surface area contributed by atoms with E-state index >= 15 is 0 Å². The van der Waals surface area contributed by atoms with E-state index in [9.17, 15) is 0 Å². The summed E-state index contributed by atoms with van der Waals surface area (Å²) in [6, 6.07) is 4.41. The number of anilines is 1. The first-order valence-corrected chi connectivity index (χ1v) is 4.86. The zero-order valence-electron chi connectivity index (χ0n) is 7.51. The summed E-state index contributed by atoms with van der Waals surface area (Å²) < 4.78 is 0. The van der Waals surface area contributed by atoms with Crippen molar-refractivity contribution in [1.29, 1.82) is 0 Å². The number of nitrogens with zero attached hydrogens (tertiary/aromatic N) is 1. The summed E-state index contributed by atoms with van der Waals surface area (Å²) in [6.07, 6.45) is 5.69. The van der Waals surface area contributed by atoms with E-state index < -0.39 is 0 Å². The third-order valence-electron chi connectivity index (χ3n) is 2.86. The van der Waals surface area contributed by atoms with Gasteiger partial charge in [-0.25, -0.2) is 0 Å². The van der Waals surface area contributed by atoms with Crippen LogP contribution in [0.3, 0.4) is 0 Å². The molecule has 2 heteroatoms. The lowest BCUT2D eigenvalue weighted by atomic mass is 10.1. The van der Waals surface area contributed by atoms with E-state index in [-0.39, 0.29) is 0 Å². The number of aliphatic imine (C=N–C) groups is 1. The monoisotopic (exact) mass is 172 g/mol. The Morgan fingerprint density at radius 2 is 2.23 bits per heavy atom. The van der Waals surface area contributed by atoms with Crippen molar-refractivity contribution < 1.29 is 0 Å². The number of benzene rings is 1. The highest BCUT2D eigenvalue weighted by atomic mass is 15.0. The lowest BCUT2D eigenvalue weighted by Gasteiger charge is -2.15. The molecule has 2 aliphatic rings. The summed E-state index contributed by atoms with van der Waals surface area (Å²) >= 11 is 0. The normalized spacial score (nSPS) is 17.8. The molecule has 0 saturated heterocycles. The van der Waals surface area contributed by atoms with Crippen molar-refractivity contribution >= 4 is 17.6 Å². The number of rotatable bonds is 0. The molecule has 0 bridgehead atoms. The van der Waals surface area contributed by atoms with Gasteiger partial charge in [-0.3, -0.25) is 4.99 Å². The molecule has 13 heavy (non-hydrogen) atoms. The topological polar surface area (TPSA) is 24.4 Å². The highest BCUT2D eigenvalue weighted by Gasteiger charge is 2.18. The van der Waals surface area contributed by atoms with E-state index in [1.54, 1.807) is 0 Å². The summed E-state index contributed by atoms with van der Waals surface area (Å²) in [5, 5.41) is 3.34. The Kier molecular flexibility index (Phi) is 1.42. The van der Waals surface area contributed by atoms with E-state index in [0.29, 0.717) is 0 Å². The van der Waals surface area contributed by atoms with Crippen LogP contribution in [-0.4, -0.2) is 12.8 Å². The van der Waals surface area contributed by atoms with Gasteiger partial charge in [0.15, 0.2) is 0 Å². The number of nitrogens with one attached hydrogen (secondary N) is 1. The lowest BCUT2D eigenvalue weighted by molar-refractivity contribution is 0.911. The van der Waals surface area contributed by atoms with Crippen LogP contribution in [0.4, 0.5) is 11.4 Å². The van der Waals surface area contributed by atoms with Gasteiger partial charge in [-0.15, -0.1) is 0 Å². The van der Waals surface area contributed by atoms with E-state index in [4.69, 9.17) is 0 Å². The number of aryl methyl sites for hydroxylation is 1. The van der Waals surface area contributed by atoms with Crippen LogP contribution in [0.15, 0.2) is 17.1 Å². The first kappa shape index (κ1) is 7.13. The van der Waals surface area contributed by atoms with Gasteiger partial charge in [0.2, 0.25) is 0 Å². The second-order valence-electron chi connectivity index (χ2n) is 3.65. The third kappa shape index (κ3) is 0.981. The fourth-order valence-corrected chi connectivity index (χ4v) is 2.23. The van der Waals surface area contributed by atoms with Crippen molar-refractivity contribution in [2.24, 2.45) is 4.99 Å². The molecule has 0 radical (unpaired) electrons. The summed E-state index contributed by atoms with van der Waals surface area (Å²) in [5.74, 6) is 0. The molecule has 0 unspecified atom stereocenters. The largest absolute Gasteiger partial charge is 0.378 e. The molecule has 1 heterocycles. The van der Waals surface area contributed by atoms with Gasteiger partial charge in [-0.2, -0.15) is 0 Å². The highest BCUT2D eigenvalue weighted by Crippen LogP contribution is 2.37. The third-order valence-corrected chi connectivity index (χ3v) is 2.86. The Morgan fingerprint density at radius 1 is 1.23 bits per heavy atom. The fraction of sp³-hybridized carbons (Fsp3) is 0.364. The van der Waals surface area contributed by atoms with Crippen LogP contribution >= 0.6 is 0 Å². The molecule has 1 aromatic rings. The molecule has 66 valence electrons. The van der Waals surface area contributed by atoms with Gasteiger partial charge in [-0.1, -0.05) is 6.07 Å². The van der Waals surface area contributed by atoms with Crippen molar-refractivity contribution in [1.82, 2.24) is 0 Å². The minimum atomic E-state index is 0.867. The fourth-order valence-electron chi connectivity index (χ4n) is 2.23. The van der Waals surface area contributed by atoms with Crippen LogP contribution in [0, 0.1) is 0 Å². The standard InChI is InChI=1S/C11H12N2/c1-2-8-4-5-10-11(9(8)3-1)13-7-6-12-10/h4-5,7,12H,1-3,6H2. The zero-order valence-corrected chi connectivity index (χ0v) is 7.51. The van der Waals surface area contributed by atoms with E-state index in [1.807, 2.05) is 6.21 Å². The first-order valence-electron chi connectivity index (χ1n) is 4.86. The summed E-state index contributed by atoms with van der Waals surface area (Å²) in [5.41, 5.74) is 5.38. The maximum absolute atomic E-state index is 4.48. The Labute approximate surface area is 77.7 Å². The predicted octanol–water partition coefficient (Wildman–Crippen LogP) is 2.30. The number of hydrogen-bond acceptors (Lipinski definition) is 2. The van der Waals surface area contributed by atoms with Crippen molar-refractivity contribution in [2.75, 3.05) is 11.9 Å². The second-order valence-corrected chi connectivity index (χ2v) is 3.65. The lowest BCUT2D eigenvalue weighted by Crippen LogP contribution is -2.07. The Balaban J connectivity index is 2.24. The minimum Gasteiger partial charge on any atom is -0.378 e. The van der Waals surface area contributed by atoms with Crippen molar-refractivity contribution in [3.8, 4) is 0 Å². The molecule has 1 aromatic carbocycles. The van der Waals surface area contributed by atoms with Crippen molar-refractivity contribution in [2.45, 2.75) is 19.3 Å². The van der Waals surface area contributed by atoms with E-state index in [0.717, 1.165) is 6.54 Å². The van der Waals surface area contributed by atoms with Crippen LogP contribution in [-0.2, 0) is 12.8 Å². The molecule has 2 nitrogen and oxygen atoms in total. The van der Waals surface area contributed by atoms with Crippen LogP contribution in [0.5, 0.6) is 0 Å². The Bertz CT molecular complexity index is 380. The molecule has 0 saturated carbocycles. The summed E-state index contributed by atoms with van der Waals surface area (Å²) in [7, 11) is 0. The number of hydrogen-bond donors (Lipinski definition) is 1. The molecule has 1 aliphatic carbocycles. The van der Waals surface area contributed by atoms with Gasteiger partial charge < -0.3 is 5.32 Å². The van der Waals surface area contributed by atoms with Crippen LogP contribution < -0.4 is 5.32 Å². The highest BCUT2D eigenvalue weighted by molar-refractivity contribution is 5.83. The molecular weight excluding hydrogens is 160 g/mol. The van der Waals surface area contributed by atoms with Gasteiger partial charge in [0, 0.05) is 6.21 Å². The zero-order chi connectivity index (χ0) is 8.67. The molecule has 1 N–H and O–H groups in total. The maximum Gasteiger partial charge on any atom is 0.0892 e. The van der Waals surface area contributed by atoms with E-state index in [1.165, 1.54) is 41.8 Å². The SMILES string of the molecule is C1=Nc2c(ccc3c2CCC3)NC1. The average Bonchev–Trinajstić information content (AvgIpc) is 2.65. The molecule has 0 atom stereocenters. The quantitative estimate of drug-likeness (QED) is 0.638. The van der Waals surface area contributed by atoms with Gasteiger partial charge >= 0.3 is 0 Å². The Morgan fingerprint density at radius 3 is 3.23 bits per heavy atom. The maximum atomic E-state index is 4.48. The van der Waals surface area contributed by atoms with Crippen LogP contribution in [0.2, 0.25) is 0 Å². The van der Waals surface area contributed by atoms with Crippen molar-refractivity contribution in [3.63, 3.8) is 0 Å². The Hall–Kier alpha value is -1.31. The first-order chi connectivity index (χ1) is 6.45. The summed E-state index contributed by atoms with van der Waals surface area (Å²) in [6.45, 7) is 0.867. The minimum absolute atomic E-state index is 0.867. The smallest absolute Gasteiger partial charge is 0.0892 e.